The average molecular weight is 532 g/mol. The van der Waals surface area contributed by atoms with Crippen LogP contribution in [0.25, 0.3) is 0 Å². The number of nitrogens with one attached hydrogen (secondary N) is 2. The highest BCUT2D eigenvalue weighted by Gasteiger charge is 2.39. The van der Waals surface area contributed by atoms with E-state index < -0.39 is 0 Å². The van der Waals surface area contributed by atoms with Crippen molar-refractivity contribution < 1.29 is 4.79 Å². The van der Waals surface area contributed by atoms with Crippen molar-refractivity contribution in [3.8, 4) is 0 Å². The van der Waals surface area contributed by atoms with E-state index in [1.165, 1.54) is 70.0 Å². The third kappa shape index (κ3) is 7.17. The van der Waals surface area contributed by atoms with E-state index in [1.54, 1.807) is 29.7 Å². The summed E-state index contributed by atoms with van der Waals surface area (Å²) < 4.78 is 0. The number of carbonyl (C=O) groups is 1. The fourth-order valence-corrected chi connectivity index (χ4v) is 6.48. The van der Waals surface area contributed by atoms with E-state index in [0.29, 0.717) is 24.1 Å². The van der Waals surface area contributed by atoms with E-state index in [4.69, 9.17) is 0 Å². The summed E-state index contributed by atoms with van der Waals surface area (Å²) in [5.74, 6) is 1.47. The van der Waals surface area contributed by atoms with Gasteiger partial charge in [0.05, 0.1) is 13.1 Å². The molecule has 0 bridgehead atoms. The monoisotopic (exact) mass is 531 g/mol. The molecule has 2 aliphatic rings. The number of aromatic nitrogens is 4. The zero-order valence-electron chi connectivity index (χ0n) is 23.7. The minimum atomic E-state index is -0.0312. The first-order valence-corrected chi connectivity index (χ1v) is 14.8. The molecule has 210 valence electrons. The number of nitrogens with zero attached hydrogens (tertiary/aromatic N) is 5. The number of hydrogen-bond acceptors (Lipinski definition) is 5. The molecule has 1 atom stereocenters. The van der Waals surface area contributed by atoms with Crippen molar-refractivity contribution in [1.82, 2.24) is 34.6 Å². The molecule has 1 aliphatic carbocycles. The van der Waals surface area contributed by atoms with Crippen LogP contribution in [0.15, 0.2) is 49.1 Å². The van der Waals surface area contributed by atoms with Gasteiger partial charge in [0.25, 0.3) is 5.91 Å². The summed E-state index contributed by atoms with van der Waals surface area (Å²) in [6, 6.07) is 8.93. The highest BCUT2D eigenvalue weighted by molar-refractivity contribution is 5.94. The predicted molar refractivity (Wildman–Crippen MR) is 154 cm³/mol. The van der Waals surface area contributed by atoms with Gasteiger partial charge < -0.3 is 19.8 Å². The smallest absolute Gasteiger partial charge is 0.254 e. The molecule has 0 radical (unpaired) electrons. The van der Waals surface area contributed by atoms with Crippen LogP contribution in [-0.4, -0.2) is 73.3 Å². The van der Waals surface area contributed by atoms with E-state index in [2.05, 4.69) is 55.8 Å². The number of imidazole rings is 2. The van der Waals surface area contributed by atoms with Crippen LogP contribution in [0.4, 0.5) is 0 Å². The van der Waals surface area contributed by atoms with E-state index in [0.717, 1.165) is 30.8 Å². The predicted octanol–water partition coefficient (Wildman–Crippen LogP) is 5.23. The van der Waals surface area contributed by atoms with E-state index in [9.17, 15) is 4.79 Å². The van der Waals surface area contributed by atoms with Gasteiger partial charge in [-0.05, 0) is 75.4 Å². The molecule has 1 saturated carbocycles. The molecular weight excluding hydrogens is 486 g/mol. The summed E-state index contributed by atoms with van der Waals surface area (Å²) in [6.07, 6.45) is 17.9. The maximum atomic E-state index is 13.4. The Morgan fingerprint density at radius 1 is 1.00 bits per heavy atom. The fourth-order valence-electron chi connectivity index (χ4n) is 6.48. The van der Waals surface area contributed by atoms with Crippen LogP contribution in [-0.2, 0) is 19.6 Å². The Kier molecular flexibility index (Phi) is 9.14. The maximum absolute atomic E-state index is 13.4. The molecule has 0 spiro atoms. The largest absolute Gasteiger partial charge is 0.347 e. The minimum absolute atomic E-state index is 0.0312. The van der Waals surface area contributed by atoms with Crippen molar-refractivity contribution >= 4 is 5.91 Å². The number of likely N-dealkylation sites (tertiary alicyclic amines) is 1. The molecule has 3 aromatic rings. The van der Waals surface area contributed by atoms with Crippen molar-refractivity contribution in [3.63, 3.8) is 0 Å². The van der Waals surface area contributed by atoms with E-state index in [-0.39, 0.29) is 5.91 Å². The van der Waals surface area contributed by atoms with Crippen LogP contribution >= 0.6 is 0 Å². The molecule has 2 N–H and O–H groups in total. The summed E-state index contributed by atoms with van der Waals surface area (Å²) in [5, 5.41) is 0. The highest BCUT2D eigenvalue weighted by atomic mass is 16.2. The lowest BCUT2D eigenvalue weighted by Gasteiger charge is -2.34. The number of hydrogen-bond donors (Lipinski definition) is 2. The van der Waals surface area contributed by atoms with Crippen molar-refractivity contribution in [2.24, 2.45) is 5.41 Å². The Labute approximate surface area is 233 Å². The third-order valence-corrected chi connectivity index (χ3v) is 9.06. The van der Waals surface area contributed by atoms with Crippen molar-refractivity contribution in [2.75, 3.05) is 26.7 Å². The van der Waals surface area contributed by atoms with Crippen molar-refractivity contribution in [3.05, 3.63) is 71.8 Å². The molecule has 1 unspecified atom stereocenters. The highest BCUT2D eigenvalue weighted by Crippen LogP contribution is 2.40. The van der Waals surface area contributed by atoms with Gasteiger partial charge >= 0.3 is 0 Å². The topological polar surface area (TPSA) is 84.1 Å². The van der Waals surface area contributed by atoms with Gasteiger partial charge in [-0.1, -0.05) is 38.3 Å². The second-order valence-electron chi connectivity index (χ2n) is 11.8. The van der Waals surface area contributed by atoms with Crippen molar-refractivity contribution in [1.29, 1.82) is 0 Å². The molecule has 1 aromatic carbocycles. The van der Waals surface area contributed by atoms with Gasteiger partial charge in [0.1, 0.15) is 11.6 Å². The van der Waals surface area contributed by atoms with Crippen molar-refractivity contribution in [2.45, 2.75) is 84.0 Å². The Balaban J connectivity index is 1.14. The summed E-state index contributed by atoms with van der Waals surface area (Å²) in [6.45, 7) is 7.75. The lowest BCUT2D eigenvalue weighted by Crippen LogP contribution is -2.37. The summed E-state index contributed by atoms with van der Waals surface area (Å²) in [4.78, 5) is 35.2. The molecule has 8 heteroatoms. The van der Waals surface area contributed by atoms with Gasteiger partial charge in [-0.3, -0.25) is 9.69 Å². The van der Waals surface area contributed by atoms with Gasteiger partial charge in [0, 0.05) is 49.5 Å². The first-order valence-electron chi connectivity index (χ1n) is 14.8. The molecule has 1 saturated heterocycles. The van der Waals surface area contributed by atoms with Crippen LogP contribution in [0, 0.1) is 5.41 Å². The molecule has 39 heavy (non-hydrogen) atoms. The molecule has 1 amide bonds. The van der Waals surface area contributed by atoms with Gasteiger partial charge in [0.15, 0.2) is 0 Å². The second kappa shape index (κ2) is 12.9. The number of carbonyl (C=O) groups excluding carboxylic acids is 1. The molecule has 2 fully saturated rings. The number of aromatic amines is 2. The molecule has 2 aromatic heterocycles. The fraction of sp³-hybridized carbons (Fsp3) is 0.581. The lowest BCUT2D eigenvalue weighted by atomic mass is 9.80. The zero-order valence-corrected chi connectivity index (χ0v) is 23.7. The van der Waals surface area contributed by atoms with Gasteiger partial charge in [-0.25, -0.2) is 9.97 Å². The van der Waals surface area contributed by atoms with Gasteiger partial charge in [-0.15, -0.1) is 0 Å². The Hall–Kier alpha value is -2.97. The Bertz CT molecular complexity index is 1100. The van der Waals surface area contributed by atoms with E-state index in [1.807, 2.05) is 12.1 Å². The van der Waals surface area contributed by atoms with Crippen LogP contribution in [0.5, 0.6) is 0 Å². The molecule has 8 nitrogen and oxygen atoms in total. The maximum Gasteiger partial charge on any atom is 0.254 e. The van der Waals surface area contributed by atoms with Crippen LogP contribution in [0.3, 0.4) is 0 Å². The minimum Gasteiger partial charge on any atom is -0.347 e. The normalized spacial score (nSPS) is 20.6. The van der Waals surface area contributed by atoms with E-state index >= 15 is 0 Å². The number of rotatable bonds is 12. The zero-order chi connectivity index (χ0) is 27.1. The third-order valence-electron chi connectivity index (χ3n) is 9.06. The number of amides is 1. The molecule has 5 rings (SSSR count). The quantitative estimate of drug-likeness (QED) is 0.334. The Morgan fingerprint density at radius 2 is 1.67 bits per heavy atom. The van der Waals surface area contributed by atoms with Crippen LogP contribution < -0.4 is 0 Å². The summed E-state index contributed by atoms with van der Waals surface area (Å²) in [5.41, 5.74) is 2.38. The van der Waals surface area contributed by atoms with Crippen LogP contribution in [0.2, 0.25) is 0 Å². The lowest BCUT2D eigenvalue weighted by molar-refractivity contribution is 0.0721. The molecule has 3 heterocycles. The summed E-state index contributed by atoms with van der Waals surface area (Å²) >= 11 is 0. The van der Waals surface area contributed by atoms with Crippen LogP contribution in [0.1, 0.15) is 85.9 Å². The summed E-state index contributed by atoms with van der Waals surface area (Å²) in [7, 11) is 2.23. The molecule has 1 aliphatic heterocycles. The Morgan fingerprint density at radius 3 is 2.26 bits per heavy atom. The second-order valence-corrected chi connectivity index (χ2v) is 11.8. The first-order chi connectivity index (χ1) is 19.0. The molecular formula is C31H45N7O. The first kappa shape index (κ1) is 27.6. The SMILES string of the molecule is CCC1(CCN(C)Cc2ccc(C(=O)N(Cc3ncc[nH]3)Cc3ncc[nH]3)cc2)CCN(C2CCCCC2)C1. The van der Waals surface area contributed by atoms with Gasteiger partial charge in [-0.2, -0.15) is 0 Å². The average Bonchev–Trinajstić information content (AvgIpc) is 3.76. The number of H-pyrrole nitrogens is 2. The number of benzene rings is 1. The van der Waals surface area contributed by atoms with Gasteiger partial charge in [0.2, 0.25) is 0 Å². The standard InChI is InChI=1S/C31H45N7O/c1-3-31(14-20-37(24-31)27-7-5-4-6-8-27)13-19-36(2)21-25-9-11-26(12-10-25)30(39)38(22-28-32-15-16-33-28)23-29-34-17-18-35-29/h9-12,15-18,27H,3-8,13-14,19-24H2,1-2H3,(H,32,33)(H,34,35).